The highest BCUT2D eigenvalue weighted by Crippen LogP contribution is 2.24. The van der Waals surface area contributed by atoms with Crippen molar-refractivity contribution in [2.75, 3.05) is 39.8 Å². The lowest BCUT2D eigenvalue weighted by atomic mass is 10.2. The normalized spacial score (nSPS) is 25.5. The molecule has 0 amide bonds. The van der Waals surface area contributed by atoms with Gasteiger partial charge in [0.05, 0.1) is 0 Å². The van der Waals surface area contributed by atoms with Crippen molar-refractivity contribution in [3.8, 4) is 0 Å². The third-order valence-corrected chi connectivity index (χ3v) is 2.79. The Hall–Kier alpha value is -0.340. The van der Waals surface area contributed by atoms with Gasteiger partial charge < -0.3 is 0 Å². The molecule has 12 heavy (non-hydrogen) atoms. The molecule has 0 aliphatic carbocycles. The van der Waals surface area contributed by atoms with E-state index in [9.17, 15) is 0 Å². The van der Waals surface area contributed by atoms with Crippen molar-refractivity contribution in [1.29, 1.82) is 0 Å². The van der Waals surface area contributed by atoms with Crippen LogP contribution < -0.4 is 0 Å². The summed E-state index contributed by atoms with van der Waals surface area (Å²) >= 11 is 0. The highest BCUT2D eigenvalue weighted by molar-refractivity contribution is 5.29. The Morgan fingerprint density at radius 2 is 1.67 bits per heavy atom. The molecule has 0 saturated heterocycles. The van der Waals surface area contributed by atoms with Crippen LogP contribution in [0, 0.1) is 0 Å². The first-order valence-electron chi connectivity index (χ1n) is 4.90. The quantitative estimate of drug-likeness (QED) is 0.564. The molecule has 0 saturated carbocycles. The SMILES string of the molecule is CCCN1CC2=C(CN(C)C2)C1. The molecule has 0 N–H and O–H groups in total. The lowest BCUT2D eigenvalue weighted by Crippen LogP contribution is -2.28. The molecule has 0 spiro atoms. The Balaban J connectivity index is 1.90. The van der Waals surface area contributed by atoms with Crippen molar-refractivity contribution in [3.63, 3.8) is 0 Å². The van der Waals surface area contributed by atoms with Gasteiger partial charge in [0.1, 0.15) is 0 Å². The summed E-state index contributed by atoms with van der Waals surface area (Å²) in [5.41, 5.74) is 3.40. The van der Waals surface area contributed by atoms with Gasteiger partial charge in [-0.15, -0.1) is 0 Å². The number of hydrogen-bond donors (Lipinski definition) is 0. The maximum atomic E-state index is 2.57. The Labute approximate surface area is 74.8 Å². The molecule has 0 unspecified atom stereocenters. The summed E-state index contributed by atoms with van der Waals surface area (Å²) in [6.45, 7) is 8.46. The molecular formula is C10H18N2. The van der Waals surface area contributed by atoms with E-state index in [0.29, 0.717) is 0 Å². The predicted molar refractivity (Wildman–Crippen MR) is 51.3 cm³/mol. The molecular weight excluding hydrogens is 148 g/mol. The van der Waals surface area contributed by atoms with Crippen LogP contribution in [-0.4, -0.2) is 49.6 Å². The van der Waals surface area contributed by atoms with Crippen LogP contribution in [0.15, 0.2) is 11.1 Å². The summed E-state index contributed by atoms with van der Waals surface area (Å²) in [6.07, 6.45) is 1.29. The van der Waals surface area contributed by atoms with Gasteiger partial charge in [0.2, 0.25) is 0 Å². The summed E-state index contributed by atoms with van der Waals surface area (Å²) in [7, 11) is 2.21. The minimum absolute atomic E-state index is 1.22. The summed E-state index contributed by atoms with van der Waals surface area (Å²) in [4.78, 5) is 4.98. The minimum Gasteiger partial charge on any atom is -0.298 e. The van der Waals surface area contributed by atoms with E-state index in [1.165, 1.54) is 39.1 Å². The van der Waals surface area contributed by atoms with Gasteiger partial charge in [-0.3, -0.25) is 9.80 Å². The van der Waals surface area contributed by atoms with Crippen LogP contribution in [0.2, 0.25) is 0 Å². The molecule has 0 atom stereocenters. The van der Waals surface area contributed by atoms with Crippen LogP contribution in [0.4, 0.5) is 0 Å². The largest absolute Gasteiger partial charge is 0.298 e. The van der Waals surface area contributed by atoms with E-state index in [-0.39, 0.29) is 0 Å². The first-order valence-corrected chi connectivity index (χ1v) is 4.90. The van der Waals surface area contributed by atoms with Crippen LogP contribution in [-0.2, 0) is 0 Å². The van der Waals surface area contributed by atoms with Gasteiger partial charge in [0.15, 0.2) is 0 Å². The van der Waals surface area contributed by atoms with Gasteiger partial charge in [0.25, 0.3) is 0 Å². The molecule has 2 rings (SSSR count). The fourth-order valence-corrected chi connectivity index (χ4v) is 2.32. The predicted octanol–water partition coefficient (Wildman–Crippen LogP) is 0.954. The Bertz CT molecular complexity index is 190. The second-order valence-electron chi connectivity index (χ2n) is 4.09. The maximum Gasteiger partial charge on any atom is 0.0212 e. The molecule has 0 aromatic heterocycles. The topological polar surface area (TPSA) is 6.48 Å². The van der Waals surface area contributed by atoms with Crippen LogP contribution in [0.1, 0.15) is 13.3 Å². The van der Waals surface area contributed by atoms with Crippen molar-refractivity contribution in [2.45, 2.75) is 13.3 Å². The van der Waals surface area contributed by atoms with Gasteiger partial charge in [-0.1, -0.05) is 6.92 Å². The van der Waals surface area contributed by atoms with Gasteiger partial charge in [-0.25, -0.2) is 0 Å². The van der Waals surface area contributed by atoms with Crippen molar-refractivity contribution in [2.24, 2.45) is 0 Å². The van der Waals surface area contributed by atoms with Crippen molar-refractivity contribution in [3.05, 3.63) is 11.1 Å². The maximum absolute atomic E-state index is 2.57. The van der Waals surface area contributed by atoms with E-state index in [1.54, 1.807) is 11.1 Å². The molecule has 2 aliphatic rings. The standard InChI is InChI=1S/C10H18N2/c1-3-4-12-7-9-5-11(2)6-10(9)8-12/h3-8H2,1-2H3. The highest BCUT2D eigenvalue weighted by atomic mass is 15.2. The van der Waals surface area contributed by atoms with Crippen LogP contribution in [0.25, 0.3) is 0 Å². The molecule has 2 heteroatoms. The molecule has 0 bridgehead atoms. The lowest BCUT2D eigenvalue weighted by Gasteiger charge is -2.18. The number of nitrogens with zero attached hydrogens (tertiary/aromatic N) is 2. The van der Waals surface area contributed by atoms with Gasteiger partial charge >= 0.3 is 0 Å². The third kappa shape index (κ3) is 1.41. The fourth-order valence-electron chi connectivity index (χ4n) is 2.32. The van der Waals surface area contributed by atoms with E-state index in [0.717, 1.165) is 0 Å². The van der Waals surface area contributed by atoms with E-state index >= 15 is 0 Å². The summed E-state index contributed by atoms with van der Waals surface area (Å²) < 4.78 is 0. The van der Waals surface area contributed by atoms with Gasteiger partial charge in [0, 0.05) is 26.2 Å². The van der Waals surface area contributed by atoms with Gasteiger partial charge in [-0.05, 0) is 31.2 Å². The van der Waals surface area contributed by atoms with Crippen molar-refractivity contribution in [1.82, 2.24) is 9.80 Å². The number of likely N-dealkylation sites (N-methyl/N-ethyl adjacent to an activating group) is 1. The first kappa shape index (κ1) is 8.27. The van der Waals surface area contributed by atoms with Crippen LogP contribution in [0.3, 0.4) is 0 Å². The molecule has 2 nitrogen and oxygen atoms in total. The average molecular weight is 166 g/mol. The summed E-state index contributed by atoms with van der Waals surface area (Å²) in [6, 6.07) is 0. The Kier molecular flexibility index (Phi) is 2.20. The zero-order chi connectivity index (χ0) is 8.55. The molecule has 0 aromatic carbocycles. The Morgan fingerprint density at radius 3 is 2.17 bits per heavy atom. The minimum atomic E-state index is 1.22. The lowest BCUT2D eigenvalue weighted by molar-refractivity contribution is 0.313. The zero-order valence-electron chi connectivity index (χ0n) is 8.14. The average Bonchev–Trinajstić information content (AvgIpc) is 2.44. The zero-order valence-corrected chi connectivity index (χ0v) is 8.14. The van der Waals surface area contributed by atoms with E-state index in [1.807, 2.05) is 0 Å². The monoisotopic (exact) mass is 166 g/mol. The first-order chi connectivity index (χ1) is 5.79. The molecule has 2 heterocycles. The van der Waals surface area contributed by atoms with Crippen molar-refractivity contribution < 1.29 is 0 Å². The van der Waals surface area contributed by atoms with Crippen LogP contribution >= 0.6 is 0 Å². The molecule has 0 radical (unpaired) electrons. The van der Waals surface area contributed by atoms with Crippen LogP contribution in [0.5, 0.6) is 0 Å². The van der Waals surface area contributed by atoms with Crippen molar-refractivity contribution >= 4 is 0 Å². The highest BCUT2D eigenvalue weighted by Gasteiger charge is 2.26. The Morgan fingerprint density at radius 1 is 1.08 bits per heavy atom. The second-order valence-corrected chi connectivity index (χ2v) is 4.09. The molecule has 0 aromatic rings. The number of rotatable bonds is 2. The second kappa shape index (κ2) is 3.19. The summed E-state index contributed by atoms with van der Waals surface area (Å²) in [5.74, 6) is 0. The smallest absolute Gasteiger partial charge is 0.0212 e. The number of hydrogen-bond acceptors (Lipinski definition) is 2. The third-order valence-electron chi connectivity index (χ3n) is 2.79. The van der Waals surface area contributed by atoms with E-state index in [4.69, 9.17) is 0 Å². The fraction of sp³-hybridized carbons (Fsp3) is 0.800. The summed E-state index contributed by atoms with van der Waals surface area (Å²) in [5, 5.41) is 0. The van der Waals surface area contributed by atoms with E-state index < -0.39 is 0 Å². The molecule has 68 valence electrons. The van der Waals surface area contributed by atoms with Gasteiger partial charge in [-0.2, -0.15) is 0 Å². The van der Waals surface area contributed by atoms with E-state index in [2.05, 4.69) is 23.8 Å². The molecule has 2 aliphatic heterocycles. The molecule has 0 fully saturated rings.